The van der Waals surface area contributed by atoms with Crippen molar-refractivity contribution in [3.63, 3.8) is 0 Å². The number of nitrogens with one attached hydrogen (secondary N) is 2. The van der Waals surface area contributed by atoms with Crippen LogP contribution in [0.15, 0.2) is 0 Å². The molecule has 74 valence electrons. The molecule has 3 heteroatoms. The van der Waals surface area contributed by atoms with Crippen LogP contribution in [0.2, 0.25) is 0 Å². The summed E-state index contributed by atoms with van der Waals surface area (Å²) in [5.74, 6) is 1.04. The fourth-order valence-corrected chi connectivity index (χ4v) is 1.55. The molecule has 1 rings (SSSR count). The number of hydrogen-bond acceptors (Lipinski definition) is 2. The van der Waals surface area contributed by atoms with Gasteiger partial charge >= 0.3 is 0 Å². The van der Waals surface area contributed by atoms with Crippen molar-refractivity contribution in [3.8, 4) is 0 Å². The van der Waals surface area contributed by atoms with E-state index in [4.69, 9.17) is 0 Å². The Kier molecular flexibility index (Phi) is 3.80. The Morgan fingerprint density at radius 3 is 2.62 bits per heavy atom. The minimum absolute atomic E-state index is 0.934. The average Bonchev–Trinajstić information content (AvgIpc) is 2.49. The van der Waals surface area contributed by atoms with Crippen LogP contribution in [-0.2, 0) is 12.8 Å². The van der Waals surface area contributed by atoms with Crippen molar-refractivity contribution in [2.75, 3.05) is 11.9 Å². The normalized spacial score (nSPS) is 10.4. The van der Waals surface area contributed by atoms with Crippen molar-refractivity contribution in [3.05, 3.63) is 11.3 Å². The van der Waals surface area contributed by atoms with Crippen LogP contribution in [0.1, 0.15) is 38.4 Å². The first-order valence-electron chi connectivity index (χ1n) is 5.13. The largest absolute Gasteiger partial charge is 0.369 e. The van der Waals surface area contributed by atoms with Crippen LogP contribution in [0.25, 0.3) is 0 Å². The van der Waals surface area contributed by atoms with Crippen molar-refractivity contribution in [2.45, 2.75) is 40.0 Å². The Balaban J connectivity index is 2.82. The van der Waals surface area contributed by atoms with Gasteiger partial charge in [0.25, 0.3) is 0 Å². The molecule has 0 radical (unpaired) electrons. The van der Waals surface area contributed by atoms with Gasteiger partial charge in [0.1, 0.15) is 0 Å². The van der Waals surface area contributed by atoms with Crippen molar-refractivity contribution in [1.82, 2.24) is 10.2 Å². The van der Waals surface area contributed by atoms with E-state index in [0.717, 1.165) is 25.2 Å². The first kappa shape index (κ1) is 10.1. The van der Waals surface area contributed by atoms with E-state index < -0.39 is 0 Å². The molecular weight excluding hydrogens is 162 g/mol. The summed E-state index contributed by atoms with van der Waals surface area (Å²) in [6.07, 6.45) is 3.32. The Morgan fingerprint density at radius 1 is 1.31 bits per heavy atom. The van der Waals surface area contributed by atoms with Crippen LogP contribution in [0.4, 0.5) is 5.82 Å². The van der Waals surface area contributed by atoms with Gasteiger partial charge in [0, 0.05) is 17.8 Å². The zero-order valence-electron chi connectivity index (χ0n) is 8.78. The lowest BCUT2D eigenvalue weighted by Gasteiger charge is -2.02. The zero-order valence-corrected chi connectivity index (χ0v) is 8.78. The number of nitrogens with zero attached hydrogens (tertiary/aromatic N) is 1. The molecular formula is C10H19N3. The van der Waals surface area contributed by atoms with Crippen molar-refractivity contribution in [2.24, 2.45) is 0 Å². The van der Waals surface area contributed by atoms with Crippen LogP contribution >= 0.6 is 0 Å². The highest BCUT2D eigenvalue weighted by atomic mass is 15.2. The van der Waals surface area contributed by atoms with Gasteiger partial charge in [0.2, 0.25) is 0 Å². The van der Waals surface area contributed by atoms with Gasteiger partial charge in [-0.05, 0) is 19.8 Å². The third-order valence-electron chi connectivity index (χ3n) is 2.15. The Labute approximate surface area is 79.9 Å². The quantitative estimate of drug-likeness (QED) is 0.732. The summed E-state index contributed by atoms with van der Waals surface area (Å²) in [4.78, 5) is 0. The summed E-state index contributed by atoms with van der Waals surface area (Å²) < 4.78 is 0. The predicted octanol–water partition coefficient (Wildman–Crippen LogP) is 2.36. The van der Waals surface area contributed by atoms with E-state index >= 15 is 0 Å². The van der Waals surface area contributed by atoms with E-state index in [-0.39, 0.29) is 0 Å². The number of rotatable bonds is 5. The summed E-state index contributed by atoms with van der Waals surface area (Å²) in [6, 6.07) is 0. The number of aromatic amines is 1. The Hall–Kier alpha value is -0.990. The molecule has 0 aromatic carbocycles. The predicted molar refractivity (Wildman–Crippen MR) is 56.1 cm³/mol. The zero-order chi connectivity index (χ0) is 9.68. The molecule has 0 saturated heterocycles. The molecule has 0 bridgehead atoms. The summed E-state index contributed by atoms with van der Waals surface area (Å²) in [6.45, 7) is 7.38. The number of aromatic nitrogens is 2. The highest BCUT2D eigenvalue weighted by Gasteiger charge is 2.08. The first-order valence-corrected chi connectivity index (χ1v) is 5.13. The molecule has 1 aromatic heterocycles. The van der Waals surface area contributed by atoms with Crippen LogP contribution < -0.4 is 5.32 Å². The minimum atomic E-state index is 0.934. The van der Waals surface area contributed by atoms with Gasteiger partial charge in [0.05, 0.1) is 0 Å². The summed E-state index contributed by atoms with van der Waals surface area (Å²) in [5, 5.41) is 10.6. The van der Waals surface area contributed by atoms with Crippen LogP contribution in [0, 0.1) is 0 Å². The summed E-state index contributed by atoms with van der Waals surface area (Å²) >= 11 is 0. The lowest BCUT2D eigenvalue weighted by molar-refractivity contribution is 0.854. The van der Waals surface area contributed by atoms with Gasteiger partial charge in [-0.3, -0.25) is 5.10 Å². The molecule has 2 N–H and O–H groups in total. The maximum Gasteiger partial charge on any atom is 0.151 e. The molecule has 1 aromatic rings. The Morgan fingerprint density at radius 2 is 2.08 bits per heavy atom. The first-order chi connectivity index (χ1) is 6.33. The average molecular weight is 181 g/mol. The van der Waals surface area contributed by atoms with Gasteiger partial charge in [0.15, 0.2) is 5.82 Å². The van der Waals surface area contributed by atoms with Crippen LogP contribution in [-0.4, -0.2) is 16.7 Å². The Bertz CT molecular complexity index is 229. The van der Waals surface area contributed by atoms with Crippen LogP contribution in [0.3, 0.4) is 0 Å². The molecule has 1 heterocycles. The fraction of sp³-hybridized carbons (Fsp3) is 0.700. The van der Waals surface area contributed by atoms with E-state index in [1.165, 1.54) is 17.7 Å². The maximum absolute atomic E-state index is 4.26. The highest BCUT2D eigenvalue weighted by Crippen LogP contribution is 2.18. The molecule has 0 amide bonds. The molecule has 0 saturated carbocycles. The molecule has 0 aliphatic rings. The molecule has 13 heavy (non-hydrogen) atoms. The molecule has 3 nitrogen and oxygen atoms in total. The third-order valence-corrected chi connectivity index (χ3v) is 2.15. The minimum Gasteiger partial charge on any atom is -0.369 e. The van der Waals surface area contributed by atoms with Gasteiger partial charge < -0.3 is 5.32 Å². The molecule has 0 aliphatic carbocycles. The topological polar surface area (TPSA) is 40.7 Å². The standard InChI is InChI=1S/C10H19N3/c1-4-7-9-8(5-2)10(11-6-3)13-12-9/h4-7H2,1-3H3,(H2,11,12,13). The lowest BCUT2D eigenvalue weighted by Crippen LogP contribution is -2.00. The highest BCUT2D eigenvalue weighted by molar-refractivity contribution is 5.46. The van der Waals surface area contributed by atoms with Gasteiger partial charge in [-0.15, -0.1) is 0 Å². The lowest BCUT2D eigenvalue weighted by atomic mass is 10.1. The fourth-order valence-electron chi connectivity index (χ4n) is 1.55. The van der Waals surface area contributed by atoms with E-state index in [1.54, 1.807) is 0 Å². The summed E-state index contributed by atoms with van der Waals surface area (Å²) in [7, 11) is 0. The third kappa shape index (κ3) is 2.23. The van der Waals surface area contributed by atoms with Gasteiger partial charge in [-0.1, -0.05) is 20.3 Å². The van der Waals surface area contributed by atoms with E-state index in [2.05, 4.69) is 36.3 Å². The smallest absolute Gasteiger partial charge is 0.151 e. The number of anilines is 1. The van der Waals surface area contributed by atoms with Crippen molar-refractivity contribution < 1.29 is 0 Å². The number of aryl methyl sites for hydroxylation is 1. The van der Waals surface area contributed by atoms with Crippen LogP contribution in [0.5, 0.6) is 0 Å². The summed E-state index contributed by atoms with van der Waals surface area (Å²) in [5.41, 5.74) is 2.64. The van der Waals surface area contributed by atoms with Crippen molar-refractivity contribution in [1.29, 1.82) is 0 Å². The second-order valence-corrected chi connectivity index (χ2v) is 3.16. The van der Waals surface area contributed by atoms with E-state index in [9.17, 15) is 0 Å². The van der Waals surface area contributed by atoms with Crippen molar-refractivity contribution >= 4 is 5.82 Å². The number of hydrogen-bond donors (Lipinski definition) is 2. The molecule has 0 fully saturated rings. The van der Waals surface area contributed by atoms with E-state index in [1.807, 2.05) is 0 Å². The maximum atomic E-state index is 4.26. The second-order valence-electron chi connectivity index (χ2n) is 3.16. The molecule has 0 spiro atoms. The SMILES string of the molecule is CCCc1[nH]nc(NCC)c1CC. The molecule has 0 atom stereocenters. The number of H-pyrrole nitrogens is 1. The molecule has 0 unspecified atom stereocenters. The van der Waals surface area contributed by atoms with Gasteiger partial charge in [-0.25, -0.2) is 0 Å². The van der Waals surface area contributed by atoms with E-state index in [0.29, 0.717) is 0 Å². The monoisotopic (exact) mass is 181 g/mol. The second kappa shape index (κ2) is 4.90. The molecule has 0 aliphatic heterocycles. The van der Waals surface area contributed by atoms with Gasteiger partial charge in [-0.2, -0.15) is 5.10 Å².